The van der Waals surface area contributed by atoms with E-state index in [0.29, 0.717) is 5.69 Å². The second kappa shape index (κ2) is 4.87. The quantitative estimate of drug-likeness (QED) is 0.868. The first-order chi connectivity index (χ1) is 8.58. The number of anilines is 2. The number of aryl methyl sites for hydroxylation is 2. The van der Waals surface area contributed by atoms with Crippen LogP contribution in [0, 0.1) is 13.8 Å². The first kappa shape index (κ1) is 12.1. The Kier molecular flexibility index (Phi) is 3.28. The van der Waals surface area contributed by atoms with Crippen molar-refractivity contribution >= 4 is 17.3 Å². The van der Waals surface area contributed by atoms with Gasteiger partial charge in [-0.05, 0) is 37.1 Å². The van der Waals surface area contributed by atoms with E-state index < -0.39 is 5.97 Å². The fraction of sp³-hybridized carbons (Fsp3) is 0.143. The van der Waals surface area contributed by atoms with E-state index in [1.807, 2.05) is 32.0 Å². The normalized spacial score (nSPS) is 10.1. The van der Waals surface area contributed by atoms with Gasteiger partial charge >= 0.3 is 5.97 Å². The molecular formula is C14H14N2O2. The largest absolute Gasteiger partial charge is 0.478 e. The molecule has 0 fully saturated rings. The molecule has 18 heavy (non-hydrogen) atoms. The first-order valence-electron chi connectivity index (χ1n) is 5.59. The summed E-state index contributed by atoms with van der Waals surface area (Å²) in [6, 6.07) is 7.66. The summed E-state index contributed by atoms with van der Waals surface area (Å²) in [5.41, 5.74) is 3.80. The molecule has 1 aromatic carbocycles. The Morgan fingerprint density at radius 2 is 2.00 bits per heavy atom. The molecule has 4 heteroatoms. The molecule has 0 bridgehead atoms. The molecule has 1 heterocycles. The summed E-state index contributed by atoms with van der Waals surface area (Å²) >= 11 is 0. The fourth-order valence-electron chi connectivity index (χ4n) is 1.69. The van der Waals surface area contributed by atoms with Gasteiger partial charge in [0, 0.05) is 18.1 Å². The standard InChI is InChI=1S/C14H14N2O2/c1-9-3-4-10(2)13(7-9)16-12-5-6-15-8-11(12)14(17)18/h3-8H,1-2H3,(H,15,16)(H,17,18). The Balaban J connectivity index is 2.40. The molecule has 1 aromatic heterocycles. The van der Waals surface area contributed by atoms with E-state index in [0.717, 1.165) is 16.8 Å². The second-order valence-electron chi connectivity index (χ2n) is 4.17. The molecule has 92 valence electrons. The number of nitrogens with zero attached hydrogens (tertiary/aromatic N) is 1. The summed E-state index contributed by atoms with van der Waals surface area (Å²) in [6.45, 7) is 3.97. The summed E-state index contributed by atoms with van der Waals surface area (Å²) in [5.74, 6) is -0.990. The number of benzene rings is 1. The lowest BCUT2D eigenvalue weighted by atomic mass is 10.1. The number of hydrogen-bond donors (Lipinski definition) is 2. The predicted molar refractivity (Wildman–Crippen MR) is 70.4 cm³/mol. The third-order valence-electron chi connectivity index (χ3n) is 2.71. The van der Waals surface area contributed by atoms with Gasteiger partial charge in [-0.1, -0.05) is 12.1 Å². The number of carboxylic acids is 1. The molecule has 0 amide bonds. The van der Waals surface area contributed by atoms with Crippen molar-refractivity contribution in [1.29, 1.82) is 0 Å². The number of carboxylic acid groups (broad SMARTS) is 1. The van der Waals surface area contributed by atoms with Crippen LogP contribution >= 0.6 is 0 Å². The van der Waals surface area contributed by atoms with E-state index in [1.54, 1.807) is 12.3 Å². The number of aromatic carboxylic acids is 1. The van der Waals surface area contributed by atoms with Gasteiger partial charge in [0.25, 0.3) is 0 Å². The van der Waals surface area contributed by atoms with Crippen LogP contribution in [0.3, 0.4) is 0 Å². The molecule has 0 aliphatic heterocycles. The second-order valence-corrected chi connectivity index (χ2v) is 4.17. The molecule has 0 aliphatic carbocycles. The number of rotatable bonds is 3. The van der Waals surface area contributed by atoms with Crippen LogP contribution < -0.4 is 5.32 Å². The topological polar surface area (TPSA) is 62.2 Å². The van der Waals surface area contributed by atoms with Gasteiger partial charge in [-0.15, -0.1) is 0 Å². The zero-order valence-corrected chi connectivity index (χ0v) is 10.3. The molecule has 0 unspecified atom stereocenters. The summed E-state index contributed by atoms with van der Waals surface area (Å²) in [4.78, 5) is 14.9. The SMILES string of the molecule is Cc1ccc(C)c(Nc2ccncc2C(=O)O)c1. The van der Waals surface area contributed by atoms with Gasteiger partial charge in [-0.2, -0.15) is 0 Å². The van der Waals surface area contributed by atoms with Gasteiger partial charge in [0.05, 0.1) is 5.69 Å². The number of aromatic nitrogens is 1. The van der Waals surface area contributed by atoms with E-state index in [1.165, 1.54) is 6.20 Å². The van der Waals surface area contributed by atoms with Crippen molar-refractivity contribution in [2.75, 3.05) is 5.32 Å². The Morgan fingerprint density at radius 3 is 2.72 bits per heavy atom. The van der Waals surface area contributed by atoms with Crippen LogP contribution in [0.25, 0.3) is 0 Å². The zero-order valence-electron chi connectivity index (χ0n) is 10.3. The molecule has 0 saturated carbocycles. The van der Waals surface area contributed by atoms with Crippen molar-refractivity contribution in [3.8, 4) is 0 Å². The lowest BCUT2D eigenvalue weighted by Crippen LogP contribution is -2.04. The third kappa shape index (κ3) is 2.48. The Bertz CT molecular complexity index is 594. The maximum absolute atomic E-state index is 11.1. The van der Waals surface area contributed by atoms with Gasteiger partial charge < -0.3 is 10.4 Å². The molecule has 0 saturated heterocycles. The van der Waals surface area contributed by atoms with Gasteiger partial charge in [-0.3, -0.25) is 4.98 Å². The van der Waals surface area contributed by atoms with Gasteiger partial charge in [0.15, 0.2) is 0 Å². The van der Waals surface area contributed by atoms with Crippen molar-refractivity contribution < 1.29 is 9.90 Å². The average molecular weight is 242 g/mol. The van der Waals surface area contributed by atoms with E-state index in [-0.39, 0.29) is 5.56 Å². The molecule has 2 aromatic rings. The molecular weight excluding hydrogens is 228 g/mol. The highest BCUT2D eigenvalue weighted by atomic mass is 16.4. The monoisotopic (exact) mass is 242 g/mol. The molecule has 4 nitrogen and oxygen atoms in total. The summed E-state index contributed by atoms with van der Waals surface area (Å²) in [7, 11) is 0. The van der Waals surface area contributed by atoms with E-state index >= 15 is 0 Å². The number of carbonyl (C=O) groups is 1. The Hall–Kier alpha value is -2.36. The van der Waals surface area contributed by atoms with Crippen LogP contribution in [-0.2, 0) is 0 Å². The van der Waals surface area contributed by atoms with E-state index in [4.69, 9.17) is 5.11 Å². The molecule has 2 N–H and O–H groups in total. The molecule has 0 spiro atoms. The highest BCUT2D eigenvalue weighted by Gasteiger charge is 2.10. The van der Waals surface area contributed by atoms with Gasteiger partial charge in [0.2, 0.25) is 0 Å². The zero-order chi connectivity index (χ0) is 13.1. The maximum atomic E-state index is 11.1. The predicted octanol–water partition coefficient (Wildman–Crippen LogP) is 3.14. The molecule has 0 radical (unpaired) electrons. The Morgan fingerprint density at radius 1 is 1.22 bits per heavy atom. The highest BCUT2D eigenvalue weighted by molar-refractivity contribution is 5.94. The minimum atomic E-state index is -0.990. The van der Waals surface area contributed by atoms with Crippen molar-refractivity contribution in [2.45, 2.75) is 13.8 Å². The van der Waals surface area contributed by atoms with Crippen LogP contribution in [0.2, 0.25) is 0 Å². The first-order valence-corrected chi connectivity index (χ1v) is 5.59. The number of nitrogens with one attached hydrogen (secondary N) is 1. The minimum absolute atomic E-state index is 0.165. The van der Waals surface area contributed by atoms with E-state index in [2.05, 4.69) is 10.3 Å². The van der Waals surface area contributed by atoms with Gasteiger partial charge in [0.1, 0.15) is 5.56 Å². The van der Waals surface area contributed by atoms with Crippen LogP contribution in [0.15, 0.2) is 36.7 Å². The van der Waals surface area contributed by atoms with E-state index in [9.17, 15) is 4.79 Å². The molecule has 0 aliphatic rings. The van der Waals surface area contributed by atoms with Crippen LogP contribution in [0.1, 0.15) is 21.5 Å². The summed E-state index contributed by atoms with van der Waals surface area (Å²) in [6.07, 6.45) is 2.91. The summed E-state index contributed by atoms with van der Waals surface area (Å²) in [5, 5.41) is 12.2. The smallest absolute Gasteiger partial charge is 0.339 e. The lowest BCUT2D eigenvalue weighted by Gasteiger charge is -2.12. The average Bonchev–Trinajstić information content (AvgIpc) is 2.34. The van der Waals surface area contributed by atoms with Crippen LogP contribution in [0.4, 0.5) is 11.4 Å². The third-order valence-corrected chi connectivity index (χ3v) is 2.71. The van der Waals surface area contributed by atoms with Crippen LogP contribution in [-0.4, -0.2) is 16.1 Å². The summed E-state index contributed by atoms with van der Waals surface area (Å²) < 4.78 is 0. The number of hydrogen-bond acceptors (Lipinski definition) is 3. The molecule has 2 rings (SSSR count). The van der Waals surface area contributed by atoms with Crippen molar-refractivity contribution in [1.82, 2.24) is 4.98 Å². The van der Waals surface area contributed by atoms with Crippen molar-refractivity contribution in [3.05, 3.63) is 53.3 Å². The minimum Gasteiger partial charge on any atom is -0.478 e. The maximum Gasteiger partial charge on any atom is 0.339 e. The van der Waals surface area contributed by atoms with Crippen molar-refractivity contribution in [3.63, 3.8) is 0 Å². The highest BCUT2D eigenvalue weighted by Crippen LogP contribution is 2.23. The Labute approximate surface area is 105 Å². The van der Waals surface area contributed by atoms with Crippen LogP contribution in [0.5, 0.6) is 0 Å². The number of pyridine rings is 1. The van der Waals surface area contributed by atoms with Crippen molar-refractivity contribution in [2.24, 2.45) is 0 Å². The molecule has 0 atom stereocenters. The fourth-order valence-corrected chi connectivity index (χ4v) is 1.69. The van der Waals surface area contributed by atoms with Gasteiger partial charge in [-0.25, -0.2) is 4.79 Å². The lowest BCUT2D eigenvalue weighted by molar-refractivity contribution is 0.0697.